The summed E-state index contributed by atoms with van der Waals surface area (Å²) in [5, 5.41) is 12.3. The highest BCUT2D eigenvalue weighted by atomic mass is 19.1. The number of aryl methyl sites for hydroxylation is 1. The quantitative estimate of drug-likeness (QED) is 0.425. The number of benzene rings is 2. The molecular weight excluding hydrogens is 402 g/mol. The number of pyridine rings is 1. The maximum Gasteiger partial charge on any atom is 0.281 e. The van der Waals surface area contributed by atoms with Crippen LogP contribution in [0.5, 0.6) is 0 Å². The summed E-state index contributed by atoms with van der Waals surface area (Å²) in [5.74, 6) is -0.577. The lowest BCUT2D eigenvalue weighted by Crippen LogP contribution is -2.02. The Balaban J connectivity index is 1.68. The maximum atomic E-state index is 14.5. The van der Waals surface area contributed by atoms with Gasteiger partial charge >= 0.3 is 0 Å². The van der Waals surface area contributed by atoms with Crippen LogP contribution in [0.3, 0.4) is 0 Å². The van der Waals surface area contributed by atoms with E-state index in [1.165, 1.54) is 22.9 Å². The van der Waals surface area contributed by atoms with Gasteiger partial charge in [0.25, 0.3) is 5.89 Å². The van der Waals surface area contributed by atoms with Crippen LogP contribution < -0.4 is 0 Å². The average Bonchev–Trinajstić information content (AvgIpc) is 3.44. The van der Waals surface area contributed by atoms with Gasteiger partial charge in [-0.05, 0) is 48.9 Å². The first kappa shape index (κ1) is 18.7. The summed E-state index contributed by atoms with van der Waals surface area (Å²) in [6, 6.07) is 14.0. The smallest absolute Gasteiger partial charge is 0.281 e. The van der Waals surface area contributed by atoms with Crippen molar-refractivity contribution in [2.24, 2.45) is 0 Å². The Kier molecular flexibility index (Phi) is 4.55. The third-order valence-corrected chi connectivity index (χ3v) is 4.77. The zero-order valence-corrected chi connectivity index (χ0v) is 16.2. The van der Waals surface area contributed by atoms with Crippen molar-refractivity contribution in [1.82, 2.24) is 30.1 Å². The Morgan fingerprint density at radius 1 is 0.968 bits per heavy atom. The van der Waals surface area contributed by atoms with Crippen LogP contribution in [0.1, 0.15) is 5.56 Å². The molecule has 3 aromatic heterocycles. The zero-order valence-electron chi connectivity index (χ0n) is 16.2. The van der Waals surface area contributed by atoms with Gasteiger partial charge in [0.15, 0.2) is 5.69 Å². The fourth-order valence-electron chi connectivity index (χ4n) is 3.25. The van der Waals surface area contributed by atoms with Gasteiger partial charge in [0.1, 0.15) is 23.0 Å². The van der Waals surface area contributed by atoms with Crippen LogP contribution in [-0.2, 0) is 0 Å². The molecule has 0 aliphatic heterocycles. The van der Waals surface area contributed by atoms with Gasteiger partial charge in [-0.15, -0.1) is 5.10 Å². The molecule has 2 aromatic carbocycles. The fourth-order valence-corrected chi connectivity index (χ4v) is 3.25. The van der Waals surface area contributed by atoms with E-state index in [9.17, 15) is 8.78 Å². The summed E-state index contributed by atoms with van der Waals surface area (Å²) in [6.07, 6.45) is 3.21. The van der Waals surface area contributed by atoms with Crippen LogP contribution >= 0.6 is 0 Å². The average molecular weight is 416 g/mol. The molecule has 0 amide bonds. The van der Waals surface area contributed by atoms with E-state index in [-0.39, 0.29) is 23.1 Å². The van der Waals surface area contributed by atoms with Gasteiger partial charge < -0.3 is 4.52 Å². The van der Waals surface area contributed by atoms with Crippen LogP contribution in [0.4, 0.5) is 8.78 Å². The van der Waals surface area contributed by atoms with Crippen molar-refractivity contribution in [3.8, 4) is 39.9 Å². The van der Waals surface area contributed by atoms with E-state index >= 15 is 0 Å². The molecule has 0 saturated carbocycles. The van der Waals surface area contributed by atoms with Crippen molar-refractivity contribution < 1.29 is 13.3 Å². The van der Waals surface area contributed by atoms with Crippen LogP contribution in [0, 0.1) is 18.6 Å². The summed E-state index contributed by atoms with van der Waals surface area (Å²) in [7, 11) is 0. The standard InChI is InChI=1S/C22H14F2N6O/c1-13-6-7-15(23)12-16(13)21-26-22(31-28-21)19-20(14-8-10-25-11-9-14)30(29-27-19)18-5-3-2-4-17(18)24/h2-12H,1H3. The Morgan fingerprint density at radius 2 is 1.77 bits per heavy atom. The van der Waals surface area contributed by atoms with E-state index in [1.54, 1.807) is 48.8 Å². The Labute approximate surface area is 175 Å². The summed E-state index contributed by atoms with van der Waals surface area (Å²) in [6.45, 7) is 1.82. The summed E-state index contributed by atoms with van der Waals surface area (Å²) in [5.41, 5.74) is 2.91. The van der Waals surface area contributed by atoms with Crippen molar-refractivity contribution in [2.45, 2.75) is 6.92 Å². The van der Waals surface area contributed by atoms with Gasteiger partial charge in [0.2, 0.25) is 5.82 Å². The van der Waals surface area contributed by atoms with Gasteiger partial charge in [-0.25, -0.2) is 13.5 Å². The fraction of sp³-hybridized carbons (Fsp3) is 0.0455. The number of aromatic nitrogens is 6. The normalized spacial score (nSPS) is 11.1. The first-order valence-corrected chi connectivity index (χ1v) is 9.33. The molecule has 0 aliphatic carbocycles. The second-order valence-corrected chi connectivity index (χ2v) is 6.77. The number of halogens is 2. The van der Waals surface area contributed by atoms with Crippen molar-refractivity contribution >= 4 is 0 Å². The highest BCUT2D eigenvalue weighted by Crippen LogP contribution is 2.33. The van der Waals surface area contributed by atoms with E-state index in [2.05, 4.69) is 25.4 Å². The highest BCUT2D eigenvalue weighted by molar-refractivity contribution is 5.76. The SMILES string of the molecule is Cc1ccc(F)cc1-c1noc(-c2nnn(-c3ccccc3F)c2-c2ccncc2)n1. The van der Waals surface area contributed by atoms with E-state index in [1.807, 2.05) is 6.92 Å². The lowest BCUT2D eigenvalue weighted by Gasteiger charge is -2.08. The van der Waals surface area contributed by atoms with Gasteiger partial charge in [-0.2, -0.15) is 4.98 Å². The molecule has 5 aromatic rings. The summed E-state index contributed by atoms with van der Waals surface area (Å²) >= 11 is 0. The first-order chi connectivity index (χ1) is 15.1. The van der Waals surface area contributed by atoms with Crippen LogP contribution in [0.2, 0.25) is 0 Å². The molecule has 0 fully saturated rings. The Bertz CT molecular complexity index is 1380. The minimum Gasteiger partial charge on any atom is -0.332 e. The molecule has 31 heavy (non-hydrogen) atoms. The number of para-hydroxylation sites is 1. The van der Waals surface area contributed by atoms with Crippen molar-refractivity contribution in [3.05, 3.63) is 84.2 Å². The zero-order chi connectivity index (χ0) is 21.4. The third kappa shape index (κ3) is 3.35. The van der Waals surface area contributed by atoms with E-state index in [0.29, 0.717) is 16.8 Å². The highest BCUT2D eigenvalue weighted by Gasteiger charge is 2.24. The molecule has 0 bridgehead atoms. The summed E-state index contributed by atoms with van der Waals surface area (Å²) in [4.78, 5) is 8.43. The van der Waals surface area contributed by atoms with E-state index < -0.39 is 11.6 Å². The van der Waals surface area contributed by atoms with Gasteiger partial charge in [0, 0.05) is 23.5 Å². The number of hydrogen-bond donors (Lipinski definition) is 0. The van der Waals surface area contributed by atoms with Gasteiger partial charge in [0.05, 0.1) is 0 Å². The number of nitrogens with zero attached hydrogens (tertiary/aromatic N) is 6. The van der Waals surface area contributed by atoms with Crippen molar-refractivity contribution in [3.63, 3.8) is 0 Å². The molecule has 0 radical (unpaired) electrons. The monoisotopic (exact) mass is 416 g/mol. The lowest BCUT2D eigenvalue weighted by atomic mass is 10.1. The van der Waals surface area contributed by atoms with E-state index in [0.717, 1.165) is 5.56 Å². The van der Waals surface area contributed by atoms with Crippen LogP contribution in [0.25, 0.3) is 39.9 Å². The van der Waals surface area contributed by atoms with Gasteiger partial charge in [-0.1, -0.05) is 28.6 Å². The lowest BCUT2D eigenvalue weighted by molar-refractivity contribution is 0.431. The molecule has 0 N–H and O–H groups in total. The molecule has 0 saturated heterocycles. The largest absolute Gasteiger partial charge is 0.332 e. The second-order valence-electron chi connectivity index (χ2n) is 6.77. The molecule has 5 rings (SSSR count). The molecule has 0 spiro atoms. The minimum atomic E-state index is -0.462. The minimum absolute atomic E-state index is 0.0769. The molecule has 9 heteroatoms. The molecular formula is C22H14F2N6O. The second kappa shape index (κ2) is 7.52. The van der Waals surface area contributed by atoms with Crippen LogP contribution in [-0.4, -0.2) is 30.1 Å². The predicted octanol–water partition coefficient (Wildman–Crippen LogP) is 4.63. The Morgan fingerprint density at radius 3 is 2.58 bits per heavy atom. The molecule has 0 aliphatic rings. The molecule has 152 valence electrons. The van der Waals surface area contributed by atoms with Crippen LogP contribution in [0.15, 0.2) is 71.5 Å². The van der Waals surface area contributed by atoms with Crippen molar-refractivity contribution in [1.29, 1.82) is 0 Å². The van der Waals surface area contributed by atoms with Gasteiger partial charge in [-0.3, -0.25) is 4.98 Å². The predicted molar refractivity (Wildman–Crippen MR) is 108 cm³/mol. The molecule has 0 unspecified atom stereocenters. The summed E-state index contributed by atoms with van der Waals surface area (Å²) < 4.78 is 35.0. The molecule has 3 heterocycles. The maximum absolute atomic E-state index is 14.5. The first-order valence-electron chi connectivity index (χ1n) is 9.33. The van der Waals surface area contributed by atoms with Crippen molar-refractivity contribution in [2.75, 3.05) is 0 Å². The van der Waals surface area contributed by atoms with E-state index in [4.69, 9.17) is 4.52 Å². The Hall–Kier alpha value is -4.27. The molecule has 7 nitrogen and oxygen atoms in total. The molecule has 0 atom stereocenters. The third-order valence-electron chi connectivity index (χ3n) is 4.77. The topological polar surface area (TPSA) is 82.5 Å². The number of hydrogen-bond acceptors (Lipinski definition) is 6. The number of rotatable bonds is 4.